The van der Waals surface area contributed by atoms with Crippen molar-refractivity contribution < 1.29 is 4.74 Å². The van der Waals surface area contributed by atoms with E-state index >= 15 is 0 Å². The molecule has 1 aliphatic carbocycles. The van der Waals surface area contributed by atoms with Crippen molar-refractivity contribution in [1.29, 1.82) is 0 Å². The summed E-state index contributed by atoms with van der Waals surface area (Å²) in [6, 6.07) is 0.456. The van der Waals surface area contributed by atoms with Crippen LogP contribution >= 0.6 is 0 Å². The Morgan fingerprint density at radius 3 is 2.79 bits per heavy atom. The second-order valence-corrected chi connectivity index (χ2v) is 4.29. The van der Waals surface area contributed by atoms with Crippen LogP contribution < -0.4 is 11.1 Å². The molecule has 0 saturated heterocycles. The maximum Gasteiger partial charge on any atom is 0.0580 e. The first-order valence-corrected chi connectivity index (χ1v) is 5.81. The van der Waals surface area contributed by atoms with Gasteiger partial charge in [-0.1, -0.05) is 0 Å². The van der Waals surface area contributed by atoms with E-state index in [1.165, 1.54) is 19.3 Å². The molecule has 0 aromatic carbocycles. The van der Waals surface area contributed by atoms with Crippen LogP contribution in [0, 0.1) is 5.92 Å². The van der Waals surface area contributed by atoms with Crippen molar-refractivity contribution in [2.24, 2.45) is 11.7 Å². The summed E-state index contributed by atoms with van der Waals surface area (Å²) in [5.74, 6) is 0.879. The predicted octanol–water partition coefficient (Wildman–Crippen LogP) is 1.13. The topological polar surface area (TPSA) is 47.3 Å². The first-order chi connectivity index (χ1) is 6.76. The largest absolute Gasteiger partial charge is 0.378 e. The minimum atomic E-state index is 0.456. The van der Waals surface area contributed by atoms with Crippen molar-refractivity contribution in [3.8, 4) is 0 Å². The summed E-state index contributed by atoms with van der Waals surface area (Å²) in [7, 11) is 0. The van der Waals surface area contributed by atoms with Gasteiger partial charge in [0.25, 0.3) is 0 Å². The van der Waals surface area contributed by atoms with E-state index in [-0.39, 0.29) is 0 Å². The Morgan fingerprint density at radius 1 is 1.50 bits per heavy atom. The maximum absolute atomic E-state index is 5.52. The van der Waals surface area contributed by atoms with E-state index in [9.17, 15) is 0 Å². The molecule has 84 valence electrons. The smallest absolute Gasteiger partial charge is 0.0580 e. The Kier molecular flexibility index (Phi) is 5.45. The highest BCUT2D eigenvalue weighted by Gasteiger charge is 2.28. The Labute approximate surface area is 87.4 Å². The van der Waals surface area contributed by atoms with Gasteiger partial charge in [0.2, 0.25) is 0 Å². The first-order valence-electron chi connectivity index (χ1n) is 5.81. The number of ether oxygens (including phenoxy) is 1. The molecule has 1 aliphatic rings. The van der Waals surface area contributed by atoms with E-state index in [0.717, 1.165) is 25.6 Å². The number of rotatable bonds is 7. The lowest BCUT2D eigenvalue weighted by molar-refractivity contribution is -0.0264. The Balaban J connectivity index is 1.90. The fourth-order valence-corrected chi connectivity index (χ4v) is 1.90. The molecule has 1 atom stereocenters. The lowest BCUT2D eigenvalue weighted by Gasteiger charge is -2.35. The minimum Gasteiger partial charge on any atom is -0.378 e. The molecule has 1 rings (SSSR count). The Hall–Kier alpha value is -0.120. The van der Waals surface area contributed by atoms with Crippen LogP contribution in [0.25, 0.3) is 0 Å². The van der Waals surface area contributed by atoms with E-state index in [1.54, 1.807) is 0 Å². The molecule has 0 bridgehead atoms. The fraction of sp³-hybridized carbons (Fsp3) is 1.00. The van der Waals surface area contributed by atoms with Crippen molar-refractivity contribution >= 4 is 0 Å². The zero-order chi connectivity index (χ0) is 10.4. The SMILES string of the molecule is CCOC1CC(CCN[C@H](C)CN)C1. The third-order valence-corrected chi connectivity index (χ3v) is 2.99. The molecular weight excluding hydrogens is 176 g/mol. The summed E-state index contributed by atoms with van der Waals surface area (Å²) in [5, 5.41) is 3.41. The van der Waals surface area contributed by atoms with Crippen molar-refractivity contribution in [2.45, 2.75) is 45.3 Å². The summed E-state index contributed by atoms with van der Waals surface area (Å²) in [6.07, 6.45) is 4.34. The van der Waals surface area contributed by atoms with Gasteiger partial charge in [0.05, 0.1) is 6.10 Å². The maximum atomic E-state index is 5.52. The van der Waals surface area contributed by atoms with Gasteiger partial charge in [-0.3, -0.25) is 0 Å². The molecule has 1 fully saturated rings. The lowest BCUT2D eigenvalue weighted by Crippen LogP contribution is -2.37. The second-order valence-electron chi connectivity index (χ2n) is 4.29. The molecule has 0 aromatic heterocycles. The van der Waals surface area contributed by atoms with Gasteiger partial charge < -0.3 is 15.8 Å². The molecule has 3 nitrogen and oxygen atoms in total. The van der Waals surface area contributed by atoms with E-state index in [1.807, 2.05) is 0 Å². The van der Waals surface area contributed by atoms with Gasteiger partial charge in [-0.15, -0.1) is 0 Å². The highest BCUT2D eigenvalue weighted by atomic mass is 16.5. The average Bonchev–Trinajstić information content (AvgIpc) is 2.13. The molecule has 0 aliphatic heterocycles. The molecule has 0 spiro atoms. The number of hydrogen-bond donors (Lipinski definition) is 2. The van der Waals surface area contributed by atoms with Crippen LogP contribution in [0.5, 0.6) is 0 Å². The highest BCUT2D eigenvalue weighted by Crippen LogP contribution is 2.32. The van der Waals surface area contributed by atoms with Crippen molar-refractivity contribution in [2.75, 3.05) is 19.7 Å². The summed E-state index contributed by atoms with van der Waals surface area (Å²) in [4.78, 5) is 0. The van der Waals surface area contributed by atoms with Gasteiger partial charge in [0.15, 0.2) is 0 Å². The van der Waals surface area contributed by atoms with Crippen LogP contribution in [0.3, 0.4) is 0 Å². The molecule has 0 unspecified atom stereocenters. The zero-order valence-electron chi connectivity index (χ0n) is 9.46. The van der Waals surface area contributed by atoms with Gasteiger partial charge in [-0.25, -0.2) is 0 Å². The van der Waals surface area contributed by atoms with E-state index in [4.69, 9.17) is 10.5 Å². The number of nitrogens with two attached hydrogens (primary N) is 1. The highest BCUT2D eigenvalue weighted by molar-refractivity contribution is 4.80. The number of hydrogen-bond acceptors (Lipinski definition) is 3. The van der Waals surface area contributed by atoms with Crippen LogP contribution in [-0.2, 0) is 4.74 Å². The van der Waals surface area contributed by atoms with E-state index in [2.05, 4.69) is 19.2 Å². The molecule has 3 N–H and O–H groups in total. The molecule has 0 radical (unpaired) electrons. The van der Waals surface area contributed by atoms with E-state index < -0.39 is 0 Å². The average molecular weight is 200 g/mol. The van der Waals surface area contributed by atoms with Crippen molar-refractivity contribution in [3.05, 3.63) is 0 Å². The third kappa shape index (κ3) is 3.95. The van der Waals surface area contributed by atoms with Crippen LogP contribution in [-0.4, -0.2) is 31.8 Å². The first kappa shape index (κ1) is 12.0. The molecule has 14 heavy (non-hydrogen) atoms. The lowest BCUT2D eigenvalue weighted by atomic mass is 9.80. The van der Waals surface area contributed by atoms with Crippen molar-refractivity contribution in [1.82, 2.24) is 5.32 Å². The van der Waals surface area contributed by atoms with Gasteiger partial charge in [0.1, 0.15) is 0 Å². The summed E-state index contributed by atoms with van der Waals surface area (Å²) in [6.45, 7) is 6.88. The van der Waals surface area contributed by atoms with Gasteiger partial charge >= 0.3 is 0 Å². The Morgan fingerprint density at radius 2 is 2.21 bits per heavy atom. The predicted molar refractivity (Wildman–Crippen MR) is 59.3 cm³/mol. The molecule has 0 aromatic rings. The molecule has 0 heterocycles. The van der Waals surface area contributed by atoms with Crippen LogP contribution in [0.15, 0.2) is 0 Å². The zero-order valence-corrected chi connectivity index (χ0v) is 9.46. The second kappa shape index (κ2) is 6.38. The fourth-order valence-electron chi connectivity index (χ4n) is 1.90. The van der Waals surface area contributed by atoms with Gasteiger partial charge in [0, 0.05) is 19.2 Å². The minimum absolute atomic E-state index is 0.456. The van der Waals surface area contributed by atoms with Crippen LogP contribution in [0.2, 0.25) is 0 Å². The van der Waals surface area contributed by atoms with Gasteiger partial charge in [-0.05, 0) is 45.6 Å². The summed E-state index contributed by atoms with van der Waals surface area (Å²) in [5.41, 5.74) is 5.51. The molecule has 3 heteroatoms. The summed E-state index contributed by atoms with van der Waals surface area (Å²) < 4.78 is 5.52. The van der Waals surface area contributed by atoms with E-state index in [0.29, 0.717) is 12.1 Å². The molecule has 0 amide bonds. The third-order valence-electron chi connectivity index (χ3n) is 2.99. The van der Waals surface area contributed by atoms with Crippen molar-refractivity contribution in [3.63, 3.8) is 0 Å². The monoisotopic (exact) mass is 200 g/mol. The number of nitrogens with one attached hydrogen (secondary N) is 1. The summed E-state index contributed by atoms with van der Waals surface area (Å²) >= 11 is 0. The standard InChI is InChI=1S/C11H24N2O/c1-3-14-11-6-10(7-11)4-5-13-9(2)8-12/h9-11,13H,3-8,12H2,1-2H3/t9-,10?,11?/m1/s1. The van der Waals surface area contributed by atoms with Gasteiger partial charge in [-0.2, -0.15) is 0 Å². The van der Waals surface area contributed by atoms with Crippen LogP contribution in [0.1, 0.15) is 33.1 Å². The molecule has 1 saturated carbocycles. The van der Waals surface area contributed by atoms with Crippen LogP contribution in [0.4, 0.5) is 0 Å². The molecular formula is C11H24N2O. The Bertz CT molecular complexity index is 146. The quantitative estimate of drug-likeness (QED) is 0.647. The normalized spacial score (nSPS) is 28.5.